The molecule has 0 unspecified atom stereocenters. The Morgan fingerprint density at radius 2 is 1.92 bits per heavy atom. The predicted molar refractivity (Wildman–Crippen MR) is 96.5 cm³/mol. The molecule has 0 aromatic carbocycles. The van der Waals surface area contributed by atoms with E-state index in [0.717, 1.165) is 10.8 Å². The Balaban J connectivity index is 1.66. The SMILES string of the molecule is Cc1nc(-n2cccc2)sc1C(=O)NCCn1cnc(C)c(C)c1=O. The maximum absolute atomic E-state index is 12.4. The second-order valence-corrected chi connectivity index (χ2v) is 6.69. The first-order chi connectivity index (χ1) is 12.0. The monoisotopic (exact) mass is 357 g/mol. The van der Waals surface area contributed by atoms with Gasteiger partial charge in [0.05, 0.1) is 12.0 Å². The molecular formula is C17H19N5O2S. The molecule has 0 aliphatic carbocycles. The summed E-state index contributed by atoms with van der Waals surface area (Å²) < 4.78 is 3.38. The molecule has 0 aliphatic heterocycles. The molecule has 1 N–H and O–H groups in total. The highest BCUT2D eigenvalue weighted by atomic mass is 32.1. The number of carbonyl (C=O) groups is 1. The van der Waals surface area contributed by atoms with Gasteiger partial charge in [-0.25, -0.2) is 9.97 Å². The normalized spacial score (nSPS) is 10.8. The van der Waals surface area contributed by atoms with Crippen LogP contribution in [-0.4, -0.2) is 31.6 Å². The lowest BCUT2D eigenvalue weighted by Gasteiger charge is -2.08. The minimum atomic E-state index is -0.182. The smallest absolute Gasteiger partial charge is 0.263 e. The van der Waals surface area contributed by atoms with Crippen molar-refractivity contribution < 1.29 is 4.79 Å². The molecule has 8 heteroatoms. The van der Waals surface area contributed by atoms with E-state index in [1.54, 1.807) is 13.8 Å². The molecule has 7 nitrogen and oxygen atoms in total. The topological polar surface area (TPSA) is 81.8 Å². The van der Waals surface area contributed by atoms with E-state index in [9.17, 15) is 9.59 Å². The highest BCUT2D eigenvalue weighted by Crippen LogP contribution is 2.21. The van der Waals surface area contributed by atoms with E-state index in [0.29, 0.717) is 29.2 Å². The minimum absolute atomic E-state index is 0.0781. The summed E-state index contributed by atoms with van der Waals surface area (Å²) in [4.78, 5) is 33.7. The summed E-state index contributed by atoms with van der Waals surface area (Å²) >= 11 is 1.34. The van der Waals surface area contributed by atoms with Gasteiger partial charge in [0, 0.05) is 36.7 Å². The van der Waals surface area contributed by atoms with Crippen LogP contribution < -0.4 is 10.9 Å². The summed E-state index contributed by atoms with van der Waals surface area (Å²) in [7, 11) is 0. The molecule has 0 fully saturated rings. The Kier molecular flexibility index (Phi) is 4.80. The van der Waals surface area contributed by atoms with Crippen molar-refractivity contribution in [2.75, 3.05) is 6.54 Å². The van der Waals surface area contributed by atoms with E-state index < -0.39 is 0 Å². The molecule has 3 aromatic heterocycles. The van der Waals surface area contributed by atoms with Crippen molar-refractivity contribution in [1.82, 2.24) is 24.4 Å². The van der Waals surface area contributed by atoms with Gasteiger partial charge in [-0.05, 0) is 32.9 Å². The van der Waals surface area contributed by atoms with Crippen molar-refractivity contribution in [1.29, 1.82) is 0 Å². The molecule has 0 saturated heterocycles. The third-order valence-corrected chi connectivity index (χ3v) is 5.14. The summed E-state index contributed by atoms with van der Waals surface area (Å²) in [5.41, 5.74) is 1.97. The van der Waals surface area contributed by atoms with Gasteiger partial charge < -0.3 is 9.88 Å². The lowest BCUT2D eigenvalue weighted by atomic mass is 10.3. The fraction of sp³-hybridized carbons (Fsp3) is 0.294. The van der Waals surface area contributed by atoms with Gasteiger partial charge >= 0.3 is 0 Å². The zero-order valence-corrected chi connectivity index (χ0v) is 15.1. The number of nitrogens with zero attached hydrogens (tertiary/aromatic N) is 4. The summed E-state index contributed by atoms with van der Waals surface area (Å²) in [5, 5.41) is 3.59. The largest absolute Gasteiger partial charge is 0.349 e. The van der Waals surface area contributed by atoms with Crippen LogP contribution >= 0.6 is 11.3 Å². The molecule has 1 amide bonds. The standard InChI is InChI=1S/C17H19N5O2S/c1-11-12(2)19-10-22(16(11)24)9-6-18-15(23)14-13(3)20-17(25-14)21-7-4-5-8-21/h4-5,7-8,10H,6,9H2,1-3H3,(H,18,23). The van der Waals surface area contributed by atoms with Crippen molar-refractivity contribution in [3.8, 4) is 5.13 Å². The Hall–Kier alpha value is -2.74. The van der Waals surface area contributed by atoms with Gasteiger partial charge in [0.1, 0.15) is 4.88 Å². The summed E-state index contributed by atoms with van der Waals surface area (Å²) in [6.45, 7) is 6.09. The van der Waals surface area contributed by atoms with Crippen LogP contribution in [0.5, 0.6) is 0 Å². The molecule has 0 atom stereocenters. The summed E-state index contributed by atoms with van der Waals surface area (Å²) in [5.74, 6) is -0.182. The highest BCUT2D eigenvalue weighted by Gasteiger charge is 2.15. The average Bonchev–Trinajstić information content (AvgIpc) is 3.24. The molecule has 0 aliphatic rings. The van der Waals surface area contributed by atoms with E-state index in [2.05, 4.69) is 15.3 Å². The van der Waals surface area contributed by atoms with Gasteiger partial charge in [-0.15, -0.1) is 0 Å². The molecule has 0 saturated carbocycles. The van der Waals surface area contributed by atoms with Crippen molar-refractivity contribution in [2.45, 2.75) is 27.3 Å². The molecule has 130 valence electrons. The van der Waals surface area contributed by atoms with Crippen molar-refractivity contribution >= 4 is 17.2 Å². The van der Waals surface area contributed by atoms with Crippen LogP contribution in [0.3, 0.4) is 0 Å². The minimum Gasteiger partial charge on any atom is -0.349 e. The summed E-state index contributed by atoms with van der Waals surface area (Å²) in [6.07, 6.45) is 5.29. The number of rotatable bonds is 5. The first-order valence-electron chi connectivity index (χ1n) is 7.89. The van der Waals surface area contributed by atoms with Crippen LogP contribution in [0.2, 0.25) is 0 Å². The maximum Gasteiger partial charge on any atom is 0.263 e. The van der Waals surface area contributed by atoms with E-state index >= 15 is 0 Å². The maximum atomic E-state index is 12.4. The molecule has 3 rings (SSSR count). The third-order valence-electron chi connectivity index (χ3n) is 3.97. The van der Waals surface area contributed by atoms with Crippen LogP contribution in [0.15, 0.2) is 35.6 Å². The van der Waals surface area contributed by atoms with Gasteiger partial charge in [0.2, 0.25) is 0 Å². The van der Waals surface area contributed by atoms with Gasteiger partial charge in [-0.2, -0.15) is 0 Å². The Bertz CT molecular complexity index is 956. The van der Waals surface area contributed by atoms with Gasteiger partial charge in [-0.3, -0.25) is 14.2 Å². The van der Waals surface area contributed by atoms with E-state index in [4.69, 9.17) is 0 Å². The Morgan fingerprint density at radius 1 is 1.20 bits per heavy atom. The fourth-order valence-electron chi connectivity index (χ4n) is 2.37. The number of hydrogen-bond acceptors (Lipinski definition) is 5. The van der Waals surface area contributed by atoms with Gasteiger partial charge in [0.25, 0.3) is 11.5 Å². The second-order valence-electron chi connectivity index (χ2n) is 5.71. The second kappa shape index (κ2) is 7.02. The molecule has 0 bridgehead atoms. The molecule has 3 aromatic rings. The van der Waals surface area contributed by atoms with Crippen LogP contribution in [0.1, 0.15) is 26.6 Å². The lowest BCUT2D eigenvalue weighted by Crippen LogP contribution is -2.32. The zero-order chi connectivity index (χ0) is 18.0. The van der Waals surface area contributed by atoms with Crippen LogP contribution in [0.4, 0.5) is 0 Å². The number of aromatic nitrogens is 4. The number of hydrogen-bond donors (Lipinski definition) is 1. The Morgan fingerprint density at radius 3 is 2.64 bits per heavy atom. The number of thiazole rings is 1. The molecule has 25 heavy (non-hydrogen) atoms. The number of carbonyl (C=O) groups excluding carboxylic acids is 1. The van der Waals surface area contributed by atoms with E-state index in [1.807, 2.05) is 36.0 Å². The van der Waals surface area contributed by atoms with E-state index in [-0.39, 0.29) is 11.5 Å². The van der Waals surface area contributed by atoms with Gasteiger partial charge in [0.15, 0.2) is 5.13 Å². The Labute approximate surface area is 149 Å². The summed E-state index contributed by atoms with van der Waals surface area (Å²) in [6, 6.07) is 3.82. The highest BCUT2D eigenvalue weighted by molar-refractivity contribution is 7.16. The van der Waals surface area contributed by atoms with Crippen molar-refractivity contribution in [2.24, 2.45) is 0 Å². The predicted octanol–water partition coefficient (Wildman–Crippen LogP) is 1.85. The molecule has 0 radical (unpaired) electrons. The fourth-order valence-corrected chi connectivity index (χ4v) is 3.32. The number of nitrogens with one attached hydrogen (secondary N) is 1. The first-order valence-corrected chi connectivity index (χ1v) is 8.70. The molecular weight excluding hydrogens is 338 g/mol. The molecule has 3 heterocycles. The lowest BCUT2D eigenvalue weighted by molar-refractivity contribution is 0.0955. The van der Waals surface area contributed by atoms with Crippen LogP contribution in [0, 0.1) is 20.8 Å². The number of amides is 1. The quantitative estimate of drug-likeness (QED) is 0.755. The van der Waals surface area contributed by atoms with Crippen LogP contribution in [0.25, 0.3) is 5.13 Å². The van der Waals surface area contributed by atoms with Crippen LogP contribution in [-0.2, 0) is 6.54 Å². The molecule has 0 spiro atoms. The van der Waals surface area contributed by atoms with Gasteiger partial charge in [-0.1, -0.05) is 11.3 Å². The third kappa shape index (κ3) is 3.53. The van der Waals surface area contributed by atoms with Crippen molar-refractivity contribution in [3.05, 3.63) is 63.0 Å². The zero-order valence-electron chi connectivity index (χ0n) is 14.3. The average molecular weight is 357 g/mol. The first kappa shape index (κ1) is 17.1. The van der Waals surface area contributed by atoms with Crippen molar-refractivity contribution in [3.63, 3.8) is 0 Å². The van der Waals surface area contributed by atoms with E-state index in [1.165, 1.54) is 22.2 Å². The number of aryl methyl sites for hydroxylation is 2.